The Morgan fingerprint density at radius 1 is 1.46 bits per heavy atom. The second kappa shape index (κ2) is 5.06. The highest BCUT2D eigenvalue weighted by Crippen LogP contribution is 2.25. The van der Waals surface area contributed by atoms with Crippen molar-refractivity contribution in [2.75, 3.05) is 0 Å². The van der Waals surface area contributed by atoms with Gasteiger partial charge in [0.25, 0.3) is 0 Å². The van der Waals surface area contributed by atoms with Crippen LogP contribution in [0.15, 0.2) is 28.7 Å². The predicted octanol–water partition coefficient (Wildman–Crippen LogP) is 2.90. The average Bonchev–Trinajstić information content (AvgIpc) is 2.15. The second-order valence-electron chi connectivity index (χ2n) is 2.78. The molecule has 1 atom stereocenters. The van der Waals surface area contributed by atoms with Crippen LogP contribution < -0.4 is 0 Å². The molecule has 68 valence electrons. The van der Waals surface area contributed by atoms with Crippen molar-refractivity contribution in [2.45, 2.75) is 18.9 Å². The molecule has 0 saturated heterocycles. The van der Waals surface area contributed by atoms with Gasteiger partial charge in [-0.3, -0.25) is 0 Å². The van der Waals surface area contributed by atoms with E-state index in [0.29, 0.717) is 12.8 Å². The van der Waals surface area contributed by atoms with Crippen molar-refractivity contribution in [3.8, 4) is 12.3 Å². The number of halogens is 1. The fraction of sp³-hybridized carbons (Fsp3) is 0.273. The first-order chi connectivity index (χ1) is 6.25. The summed E-state index contributed by atoms with van der Waals surface area (Å²) in [5.74, 6) is 2.51. The Hall–Kier alpha value is -0.780. The van der Waals surface area contributed by atoms with Crippen LogP contribution in [0.25, 0.3) is 0 Å². The number of aliphatic hydroxyl groups is 1. The molecule has 0 radical (unpaired) electrons. The maximum atomic E-state index is 9.71. The maximum Gasteiger partial charge on any atom is 0.0810 e. The van der Waals surface area contributed by atoms with Gasteiger partial charge in [0.1, 0.15) is 0 Å². The van der Waals surface area contributed by atoms with Crippen molar-refractivity contribution in [2.24, 2.45) is 0 Å². The standard InChI is InChI=1S/C11H11BrO/c1-2-3-8-11(13)9-6-4-5-7-10(9)12/h1,4-7,11,13H,3,8H2. The van der Waals surface area contributed by atoms with Gasteiger partial charge in [0.2, 0.25) is 0 Å². The number of benzene rings is 1. The van der Waals surface area contributed by atoms with Gasteiger partial charge in [0.15, 0.2) is 0 Å². The molecule has 0 aromatic heterocycles. The molecule has 0 heterocycles. The van der Waals surface area contributed by atoms with Gasteiger partial charge in [-0.25, -0.2) is 0 Å². The smallest absolute Gasteiger partial charge is 0.0810 e. The van der Waals surface area contributed by atoms with Gasteiger partial charge in [0, 0.05) is 10.9 Å². The quantitative estimate of drug-likeness (QED) is 0.804. The van der Waals surface area contributed by atoms with Gasteiger partial charge in [-0.05, 0) is 18.1 Å². The van der Waals surface area contributed by atoms with E-state index in [-0.39, 0.29) is 0 Å². The number of hydrogen-bond donors (Lipinski definition) is 1. The van der Waals surface area contributed by atoms with Crippen LogP contribution in [0.4, 0.5) is 0 Å². The Morgan fingerprint density at radius 3 is 2.77 bits per heavy atom. The Balaban J connectivity index is 2.72. The van der Waals surface area contributed by atoms with Crippen LogP contribution in [0.3, 0.4) is 0 Å². The molecule has 2 heteroatoms. The van der Waals surface area contributed by atoms with E-state index < -0.39 is 6.10 Å². The highest BCUT2D eigenvalue weighted by atomic mass is 79.9. The molecule has 1 N–H and O–H groups in total. The molecule has 1 aromatic rings. The summed E-state index contributed by atoms with van der Waals surface area (Å²) in [6.45, 7) is 0. The zero-order valence-corrected chi connectivity index (χ0v) is 8.79. The Bertz CT molecular complexity index is 314. The first kappa shape index (κ1) is 10.3. The summed E-state index contributed by atoms with van der Waals surface area (Å²) in [6, 6.07) is 7.63. The minimum absolute atomic E-state index is 0.466. The molecule has 1 rings (SSSR count). The predicted molar refractivity (Wildman–Crippen MR) is 57.2 cm³/mol. The molecule has 0 aliphatic carbocycles. The SMILES string of the molecule is C#CCCC(O)c1ccccc1Br. The van der Waals surface area contributed by atoms with Crippen molar-refractivity contribution < 1.29 is 5.11 Å². The fourth-order valence-electron chi connectivity index (χ4n) is 1.12. The highest BCUT2D eigenvalue weighted by molar-refractivity contribution is 9.10. The molecule has 0 fully saturated rings. The molecule has 1 unspecified atom stereocenters. The number of hydrogen-bond acceptors (Lipinski definition) is 1. The Morgan fingerprint density at radius 2 is 2.15 bits per heavy atom. The average molecular weight is 239 g/mol. The molecule has 0 aliphatic rings. The van der Waals surface area contributed by atoms with Crippen LogP contribution in [-0.2, 0) is 0 Å². The van der Waals surface area contributed by atoms with E-state index in [1.165, 1.54) is 0 Å². The summed E-state index contributed by atoms with van der Waals surface area (Å²) in [5, 5.41) is 9.71. The largest absolute Gasteiger partial charge is 0.388 e. The van der Waals surface area contributed by atoms with Crippen LogP contribution in [-0.4, -0.2) is 5.11 Å². The van der Waals surface area contributed by atoms with E-state index in [1.807, 2.05) is 24.3 Å². The summed E-state index contributed by atoms with van der Waals surface area (Å²) >= 11 is 3.38. The lowest BCUT2D eigenvalue weighted by Gasteiger charge is -2.10. The first-order valence-corrected chi connectivity index (χ1v) is 4.91. The van der Waals surface area contributed by atoms with Crippen molar-refractivity contribution in [1.29, 1.82) is 0 Å². The van der Waals surface area contributed by atoms with Crippen LogP contribution in [0.2, 0.25) is 0 Å². The van der Waals surface area contributed by atoms with Crippen molar-refractivity contribution in [3.63, 3.8) is 0 Å². The summed E-state index contributed by atoms with van der Waals surface area (Å²) in [4.78, 5) is 0. The van der Waals surface area contributed by atoms with Crippen LogP contribution in [0.1, 0.15) is 24.5 Å². The summed E-state index contributed by atoms with van der Waals surface area (Å²) in [6.07, 6.45) is 5.86. The lowest BCUT2D eigenvalue weighted by Crippen LogP contribution is -1.97. The van der Waals surface area contributed by atoms with Gasteiger partial charge in [-0.2, -0.15) is 0 Å². The van der Waals surface area contributed by atoms with E-state index in [1.54, 1.807) is 0 Å². The molecule has 13 heavy (non-hydrogen) atoms. The summed E-state index contributed by atoms with van der Waals surface area (Å²) in [5.41, 5.74) is 0.901. The molecule has 0 amide bonds. The van der Waals surface area contributed by atoms with Crippen molar-refractivity contribution in [3.05, 3.63) is 34.3 Å². The molecule has 1 aromatic carbocycles. The van der Waals surface area contributed by atoms with E-state index in [2.05, 4.69) is 21.9 Å². The summed E-state index contributed by atoms with van der Waals surface area (Å²) in [7, 11) is 0. The highest BCUT2D eigenvalue weighted by Gasteiger charge is 2.08. The minimum atomic E-state index is -0.466. The third kappa shape index (κ3) is 2.87. The van der Waals surface area contributed by atoms with Gasteiger partial charge < -0.3 is 5.11 Å². The summed E-state index contributed by atoms with van der Waals surface area (Å²) < 4.78 is 0.930. The maximum absolute atomic E-state index is 9.71. The number of aliphatic hydroxyl groups excluding tert-OH is 1. The second-order valence-corrected chi connectivity index (χ2v) is 3.63. The molecule has 1 nitrogen and oxygen atoms in total. The fourth-order valence-corrected chi connectivity index (χ4v) is 1.67. The van der Waals surface area contributed by atoms with Gasteiger partial charge >= 0.3 is 0 Å². The van der Waals surface area contributed by atoms with Crippen molar-refractivity contribution >= 4 is 15.9 Å². The lowest BCUT2D eigenvalue weighted by atomic mass is 10.1. The van der Waals surface area contributed by atoms with E-state index >= 15 is 0 Å². The third-order valence-corrected chi connectivity index (χ3v) is 2.55. The lowest BCUT2D eigenvalue weighted by molar-refractivity contribution is 0.168. The van der Waals surface area contributed by atoms with E-state index in [0.717, 1.165) is 10.0 Å². The van der Waals surface area contributed by atoms with Crippen LogP contribution in [0.5, 0.6) is 0 Å². The van der Waals surface area contributed by atoms with E-state index in [9.17, 15) is 5.11 Å². The van der Waals surface area contributed by atoms with E-state index in [4.69, 9.17) is 6.42 Å². The van der Waals surface area contributed by atoms with Gasteiger partial charge in [-0.15, -0.1) is 12.3 Å². The van der Waals surface area contributed by atoms with Gasteiger partial charge in [0.05, 0.1) is 6.10 Å². The zero-order valence-electron chi connectivity index (χ0n) is 7.20. The van der Waals surface area contributed by atoms with Crippen LogP contribution in [0, 0.1) is 12.3 Å². The van der Waals surface area contributed by atoms with Crippen molar-refractivity contribution in [1.82, 2.24) is 0 Å². The molecule has 0 spiro atoms. The Labute approximate surface area is 86.9 Å². The topological polar surface area (TPSA) is 20.2 Å². The first-order valence-electron chi connectivity index (χ1n) is 4.11. The minimum Gasteiger partial charge on any atom is -0.388 e. The van der Waals surface area contributed by atoms with Gasteiger partial charge in [-0.1, -0.05) is 34.1 Å². The zero-order chi connectivity index (χ0) is 9.68. The molecular weight excluding hydrogens is 228 g/mol. The molecule has 0 bridgehead atoms. The molecule has 0 aliphatic heterocycles. The monoisotopic (exact) mass is 238 g/mol. The number of rotatable bonds is 3. The number of terminal acetylenes is 1. The molecule has 0 saturated carbocycles. The van der Waals surface area contributed by atoms with Crippen LogP contribution >= 0.6 is 15.9 Å². The Kier molecular flexibility index (Phi) is 4.01. The third-order valence-electron chi connectivity index (χ3n) is 1.83. The molecular formula is C11H11BrO. The normalized spacial score (nSPS) is 12.1.